The van der Waals surface area contributed by atoms with Crippen molar-refractivity contribution in [3.63, 3.8) is 0 Å². The van der Waals surface area contributed by atoms with Crippen molar-refractivity contribution >= 4 is 35.0 Å². The first kappa shape index (κ1) is 15.5. The smallest absolute Gasteiger partial charge is 0.335 e. The number of carboxylic acid groups (broad SMARTS) is 1. The Kier molecular flexibility index (Phi) is 5.35. The Hall–Kier alpha value is -1.86. The average molecular weight is 322 g/mol. The van der Waals surface area contributed by atoms with Crippen molar-refractivity contribution in [3.8, 4) is 0 Å². The highest BCUT2D eigenvalue weighted by atomic mass is 32.2. The van der Waals surface area contributed by atoms with Gasteiger partial charge in [-0.1, -0.05) is 17.8 Å². The number of amides is 1. The van der Waals surface area contributed by atoms with Crippen molar-refractivity contribution in [3.05, 3.63) is 46.3 Å². The van der Waals surface area contributed by atoms with E-state index in [2.05, 4.69) is 4.98 Å². The van der Waals surface area contributed by atoms with Crippen LogP contribution in [0.25, 0.3) is 0 Å². The Labute approximate surface area is 130 Å². The molecule has 0 fully saturated rings. The first-order valence-corrected chi connectivity index (χ1v) is 8.01. The molecule has 21 heavy (non-hydrogen) atoms. The summed E-state index contributed by atoms with van der Waals surface area (Å²) in [5.74, 6) is -0.783. The minimum atomic E-state index is -1.000. The van der Waals surface area contributed by atoms with Crippen LogP contribution >= 0.6 is 23.1 Å². The van der Waals surface area contributed by atoms with Crippen LogP contribution in [0.5, 0.6) is 0 Å². The van der Waals surface area contributed by atoms with Crippen molar-refractivity contribution in [1.29, 1.82) is 0 Å². The predicted octanol–water partition coefficient (Wildman–Crippen LogP) is 2.59. The highest BCUT2D eigenvalue weighted by molar-refractivity contribution is 7.99. The Morgan fingerprint density at radius 2 is 2.24 bits per heavy atom. The third-order valence-electron chi connectivity index (χ3n) is 2.72. The van der Waals surface area contributed by atoms with E-state index in [1.165, 1.54) is 30.1 Å². The number of nitrogens with zero attached hydrogens (tertiary/aromatic N) is 2. The minimum Gasteiger partial charge on any atom is -0.478 e. The van der Waals surface area contributed by atoms with E-state index in [0.717, 1.165) is 4.88 Å². The van der Waals surface area contributed by atoms with Crippen molar-refractivity contribution in [1.82, 2.24) is 9.88 Å². The zero-order valence-corrected chi connectivity index (χ0v) is 13.0. The van der Waals surface area contributed by atoms with Gasteiger partial charge in [0.2, 0.25) is 5.91 Å². The molecule has 2 aromatic rings. The zero-order valence-electron chi connectivity index (χ0n) is 11.4. The molecular weight excluding hydrogens is 308 g/mol. The summed E-state index contributed by atoms with van der Waals surface area (Å²) in [6.07, 6.45) is 1.44. The fourth-order valence-corrected chi connectivity index (χ4v) is 3.19. The van der Waals surface area contributed by atoms with E-state index in [-0.39, 0.29) is 17.2 Å². The quantitative estimate of drug-likeness (QED) is 0.828. The van der Waals surface area contributed by atoms with Gasteiger partial charge in [-0.15, -0.1) is 11.3 Å². The van der Waals surface area contributed by atoms with Crippen LogP contribution in [0, 0.1) is 0 Å². The number of aromatic nitrogens is 1. The van der Waals surface area contributed by atoms with Crippen LogP contribution in [0.3, 0.4) is 0 Å². The molecule has 0 spiro atoms. The number of hydrogen-bond donors (Lipinski definition) is 1. The number of hydrogen-bond acceptors (Lipinski definition) is 5. The number of carbonyl (C=O) groups is 2. The molecule has 0 radical (unpaired) electrons. The number of thioether (sulfide) groups is 1. The van der Waals surface area contributed by atoms with E-state index in [1.807, 2.05) is 17.5 Å². The highest BCUT2D eigenvalue weighted by Crippen LogP contribution is 2.18. The van der Waals surface area contributed by atoms with Gasteiger partial charge in [-0.3, -0.25) is 4.79 Å². The fraction of sp³-hybridized carbons (Fsp3) is 0.214. The van der Waals surface area contributed by atoms with E-state index in [9.17, 15) is 9.59 Å². The number of thiophene rings is 1. The van der Waals surface area contributed by atoms with Crippen molar-refractivity contribution in [2.75, 3.05) is 12.8 Å². The summed E-state index contributed by atoms with van der Waals surface area (Å²) < 4.78 is 0. The van der Waals surface area contributed by atoms with Crippen molar-refractivity contribution < 1.29 is 14.7 Å². The van der Waals surface area contributed by atoms with E-state index in [1.54, 1.807) is 23.3 Å². The SMILES string of the molecule is CN(Cc1cccs1)C(=O)CSc1cc(C(=O)O)ccn1. The Bertz CT molecular complexity index is 629. The maximum Gasteiger partial charge on any atom is 0.335 e. The molecule has 0 aliphatic heterocycles. The molecule has 0 bridgehead atoms. The molecule has 5 nitrogen and oxygen atoms in total. The molecule has 0 saturated heterocycles. The molecule has 0 unspecified atom stereocenters. The maximum atomic E-state index is 12.0. The summed E-state index contributed by atoms with van der Waals surface area (Å²) in [7, 11) is 1.75. The van der Waals surface area contributed by atoms with E-state index in [4.69, 9.17) is 5.11 Å². The number of rotatable bonds is 6. The second-order valence-corrected chi connectivity index (χ2v) is 6.33. The number of carbonyl (C=O) groups excluding carboxylic acids is 1. The molecule has 2 heterocycles. The lowest BCUT2D eigenvalue weighted by molar-refractivity contribution is -0.127. The Balaban J connectivity index is 1.88. The van der Waals surface area contributed by atoms with Crippen LogP contribution in [-0.4, -0.2) is 39.7 Å². The van der Waals surface area contributed by atoms with Crippen molar-refractivity contribution in [2.24, 2.45) is 0 Å². The van der Waals surface area contributed by atoms with Gasteiger partial charge in [0.15, 0.2) is 0 Å². The molecule has 2 aromatic heterocycles. The molecule has 0 aliphatic carbocycles. The van der Waals surface area contributed by atoms with Crippen LogP contribution in [0.15, 0.2) is 40.9 Å². The van der Waals surface area contributed by atoms with Gasteiger partial charge in [-0.2, -0.15) is 0 Å². The summed E-state index contributed by atoms with van der Waals surface area (Å²) in [4.78, 5) is 29.7. The topological polar surface area (TPSA) is 70.5 Å². The molecule has 7 heteroatoms. The van der Waals surface area contributed by atoms with E-state index in [0.29, 0.717) is 11.6 Å². The molecule has 0 saturated carbocycles. The van der Waals surface area contributed by atoms with Gasteiger partial charge >= 0.3 is 5.97 Å². The Morgan fingerprint density at radius 1 is 1.43 bits per heavy atom. The first-order valence-electron chi connectivity index (χ1n) is 6.15. The van der Waals surface area contributed by atoms with Gasteiger partial charge in [0.25, 0.3) is 0 Å². The third-order valence-corrected chi connectivity index (χ3v) is 4.50. The number of carboxylic acids is 1. The van der Waals surface area contributed by atoms with Gasteiger partial charge < -0.3 is 10.0 Å². The normalized spacial score (nSPS) is 10.3. The second kappa shape index (κ2) is 7.24. The molecule has 1 N–H and O–H groups in total. The molecule has 2 rings (SSSR count). The largest absolute Gasteiger partial charge is 0.478 e. The van der Waals surface area contributed by atoms with Gasteiger partial charge in [0.1, 0.15) is 0 Å². The summed E-state index contributed by atoms with van der Waals surface area (Å²) in [5.41, 5.74) is 0.173. The lowest BCUT2D eigenvalue weighted by atomic mass is 10.3. The molecule has 1 amide bonds. The molecule has 0 aromatic carbocycles. The van der Waals surface area contributed by atoms with E-state index >= 15 is 0 Å². The lowest BCUT2D eigenvalue weighted by Gasteiger charge is -2.15. The van der Waals surface area contributed by atoms with Gasteiger partial charge in [-0.05, 0) is 23.6 Å². The van der Waals surface area contributed by atoms with Crippen LogP contribution < -0.4 is 0 Å². The van der Waals surface area contributed by atoms with Crippen LogP contribution in [0.1, 0.15) is 15.2 Å². The number of pyridine rings is 1. The zero-order chi connectivity index (χ0) is 15.2. The standard InChI is InChI=1S/C14H14N2O3S2/c1-16(8-11-3-2-6-20-11)13(17)9-21-12-7-10(14(18)19)4-5-15-12/h2-7H,8-9H2,1H3,(H,18,19). The lowest BCUT2D eigenvalue weighted by Crippen LogP contribution is -2.27. The van der Waals surface area contributed by atoms with E-state index < -0.39 is 5.97 Å². The van der Waals surface area contributed by atoms with Crippen molar-refractivity contribution in [2.45, 2.75) is 11.6 Å². The summed E-state index contributed by atoms with van der Waals surface area (Å²) in [6, 6.07) is 6.84. The molecule has 0 aliphatic rings. The van der Waals surface area contributed by atoms with Gasteiger partial charge in [0.05, 0.1) is 22.9 Å². The average Bonchev–Trinajstić information content (AvgIpc) is 2.97. The predicted molar refractivity (Wildman–Crippen MR) is 82.7 cm³/mol. The first-order chi connectivity index (χ1) is 10.1. The monoisotopic (exact) mass is 322 g/mol. The second-order valence-electron chi connectivity index (χ2n) is 4.31. The van der Waals surface area contributed by atoms with Crippen LogP contribution in [0.4, 0.5) is 0 Å². The highest BCUT2D eigenvalue weighted by Gasteiger charge is 2.12. The summed E-state index contributed by atoms with van der Waals surface area (Å²) in [6.45, 7) is 0.583. The van der Waals surface area contributed by atoms with Crippen LogP contribution in [-0.2, 0) is 11.3 Å². The molecular formula is C14H14N2O3S2. The summed E-state index contributed by atoms with van der Waals surface area (Å²) in [5, 5.41) is 11.4. The minimum absolute atomic E-state index is 0.0177. The van der Waals surface area contributed by atoms with Gasteiger partial charge in [-0.25, -0.2) is 9.78 Å². The molecule has 110 valence electrons. The maximum absolute atomic E-state index is 12.0. The molecule has 0 atom stereocenters. The Morgan fingerprint density at radius 3 is 2.90 bits per heavy atom. The fourth-order valence-electron chi connectivity index (χ4n) is 1.59. The third kappa shape index (κ3) is 4.57. The van der Waals surface area contributed by atoms with Crippen LogP contribution in [0.2, 0.25) is 0 Å². The number of aromatic carboxylic acids is 1. The van der Waals surface area contributed by atoms with Gasteiger partial charge in [0, 0.05) is 18.1 Å². The summed E-state index contributed by atoms with van der Waals surface area (Å²) >= 11 is 2.85.